The summed E-state index contributed by atoms with van der Waals surface area (Å²) in [7, 11) is 2.36. The van der Waals surface area contributed by atoms with E-state index >= 15 is 0 Å². The summed E-state index contributed by atoms with van der Waals surface area (Å²) < 4.78 is 5.61. The zero-order valence-corrected chi connectivity index (χ0v) is 13.6. The van der Waals surface area contributed by atoms with Crippen LogP contribution in [0.25, 0.3) is 0 Å². The molecular weight excluding hydrogens is 248 g/mol. The van der Waals surface area contributed by atoms with E-state index in [1.54, 1.807) is 0 Å². The molecule has 20 heavy (non-hydrogen) atoms. The lowest BCUT2D eigenvalue weighted by Gasteiger charge is -2.42. The molecule has 0 amide bonds. The molecule has 0 unspecified atom stereocenters. The molecule has 1 aliphatic carbocycles. The molecule has 1 aliphatic heterocycles. The third-order valence-electron chi connectivity index (χ3n) is 5.34. The fourth-order valence-corrected chi connectivity index (χ4v) is 3.94. The number of ether oxygens (including phenoxy) is 1. The van der Waals surface area contributed by atoms with E-state index < -0.39 is 0 Å². The lowest BCUT2D eigenvalue weighted by molar-refractivity contribution is -0.00749. The summed E-state index contributed by atoms with van der Waals surface area (Å²) in [5.41, 5.74) is 0.440. The predicted octanol–water partition coefficient (Wildman–Crippen LogP) is 3.05. The van der Waals surface area contributed by atoms with Crippen molar-refractivity contribution in [3.8, 4) is 0 Å². The van der Waals surface area contributed by atoms with Crippen LogP contribution in [0.5, 0.6) is 0 Å². The number of nitrogens with zero attached hydrogens (tertiary/aromatic N) is 1. The van der Waals surface area contributed by atoms with Crippen molar-refractivity contribution in [2.24, 2.45) is 5.41 Å². The molecule has 0 spiro atoms. The van der Waals surface area contributed by atoms with Crippen LogP contribution >= 0.6 is 0 Å². The van der Waals surface area contributed by atoms with Crippen LogP contribution in [0.2, 0.25) is 0 Å². The fraction of sp³-hybridized carbons (Fsp3) is 1.00. The van der Waals surface area contributed by atoms with E-state index in [1.165, 1.54) is 57.9 Å². The van der Waals surface area contributed by atoms with Gasteiger partial charge in [-0.05, 0) is 44.7 Å². The van der Waals surface area contributed by atoms with Crippen molar-refractivity contribution in [2.45, 2.75) is 64.3 Å². The maximum atomic E-state index is 5.61. The van der Waals surface area contributed by atoms with Gasteiger partial charge in [-0.15, -0.1) is 0 Å². The van der Waals surface area contributed by atoms with Gasteiger partial charge < -0.3 is 15.0 Å². The summed E-state index contributed by atoms with van der Waals surface area (Å²) >= 11 is 0. The van der Waals surface area contributed by atoms with Crippen LogP contribution in [0, 0.1) is 5.41 Å². The third kappa shape index (κ3) is 4.71. The second-order valence-corrected chi connectivity index (χ2v) is 6.95. The van der Waals surface area contributed by atoms with Crippen LogP contribution in [0.1, 0.15) is 58.3 Å². The van der Waals surface area contributed by atoms with Crippen molar-refractivity contribution in [1.29, 1.82) is 0 Å². The Morgan fingerprint density at radius 2 is 1.75 bits per heavy atom. The molecule has 2 fully saturated rings. The van der Waals surface area contributed by atoms with Crippen LogP contribution in [0.15, 0.2) is 0 Å². The molecule has 1 saturated carbocycles. The molecule has 0 aromatic rings. The smallest absolute Gasteiger partial charge is 0.0472 e. The van der Waals surface area contributed by atoms with Crippen LogP contribution < -0.4 is 5.32 Å². The van der Waals surface area contributed by atoms with E-state index in [4.69, 9.17) is 4.74 Å². The Kier molecular flexibility index (Phi) is 6.79. The Morgan fingerprint density at radius 3 is 2.35 bits per heavy atom. The van der Waals surface area contributed by atoms with Gasteiger partial charge in [0, 0.05) is 32.3 Å². The highest BCUT2D eigenvalue weighted by Crippen LogP contribution is 2.32. The molecule has 1 heterocycles. The highest BCUT2D eigenvalue weighted by Gasteiger charge is 2.34. The second kappa shape index (κ2) is 8.35. The normalized spacial score (nSPS) is 24.8. The average Bonchev–Trinajstić information content (AvgIpc) is 2.75. The third-order valence-corrected chi connectivity index (χ3v) is 5.34. The number of nitrogens with one attached hydrogen (secondary N) is 1. The summed E-state index contributed by atoms with van der Waals surface area (Å²) in [6.45, 7) is 7.59. The van der Waals surface area contributed by atoms with Gasteiger partial charge in [-0.3, -0.25) is 0 Å². The Labute approximate surface area is 125 Å². The summed E-state index contributed by atoms with van der Waals surface area (Å²) in [4.78, 5) is 2.67. The first-order valence-corrected chi connectivity index (χ1v) is 8.74. The molecule has 0 aromatic carbocycles. The van der Waals surface area contributed by atoms with Crippen molar-refractivity contribution in [3.63, 3.8) is 0 Å². The standard InChI is InChI=1S/C17H34N2O/c1-3-18-14-17(10-12-20-13-11-17)15-19(2)16-8-6-4-5-7-9-16/h16,18H,3-15H2,1-2H3. The molecule has 2 aliphatic rings. The Morgan fingerprint density at radius 1 is 1.10 bits per heavy atom. The molecule has 2 rings (SSSR count). The maximum absolute atomic E-state index is 5.61. The molecule has 3 heteroatoms. The van der Waals surface area contributed by atoms with Gasteiger partial charge >= 0.3 is 0 Å². The minimum absolute atomic E-state index is 0.440. The first-order valence-electron chi connectivity index (χ1n) is 8.74. The van der Waals surface area contributed by atoms with Crippen molar-refractivity contribution in [1.82, 2.24) is 10.2 Å². The van der Waals surface area contributed by atoms with Crippen LogP contribution in [-0.2, 0) is 4.74 Å². The SMILES string of the molecule is CCNCC1(CN(C)C2CCCCCC2)CCOCC1. The summed E-state index contributed by atoms with van der Waals surface area (Å²) in [5.74, 6) is 0. The molecule has 3 nitrogen and oxygen atoms in total. The van der Waals surface area contributed by atoms with Crippen molar-refractivity contribution >= 4 is 0 Å². The average molecular weight is 282 g/mol. The van der Waals surface area contributed by atoms with Gasteiger partial charge in [0.2, 0.25) is 0 Å². The Hall–Kier alpha value is -0.120. The van der Waals surface area contributed by atoms with Crippen molar-refractivity contribution in [3.05, 3.63) is 0 Å². The van der Waals surface area contributed by atoms with Crippen LogP contribution in [-0.4, -0.2) is 50.8 Å². The number of rotatable bonds is 6. The van der Waals surface area contributed by atoms with E-state index in [0.29, 0.717) is 5.41 Å². The van der Waals surface area contributed by atoms with Gasteiger partial charge in [0.25, 0.3) is 0 Å². The van der Waals surface area contributed by atoms with E-state index in [0.717, 1.165) is 32.3 Å². The minimum atomic E-state index is 0.440. The number of hydrogen-bond donors (Lipinski definition) is 1. The lowest BCUT2D eigenvalue weighted by atomic mass is 9.79. The largest absolute Gasteiger partial charge is 0.381 e. The Balaban J connectivity index is 1.91. The molecule has 1 N–H and O–H groups in total. The maximum Gasteiger partial charge on any atom is 0.0472 e. The van der Waals surface area contributed by atoms with E-state index in [2.05, 4.69) is 24.2 Å². The summed E-state index contributed by atoms with van der Waals surface area (Å²) in [6, 6.07) is 0.818. The molecule has 1 saturated heterocycles. The number of hydrogen-bond acceptors (Lipinski definition) is 3. The van der Waals surface area contributed by atoms with Crippen molar-refractivity contribution in [2.75, 3.05) is 39.9 Å². The van der Waals surface area contributed by atoms with Gasteiger partial charge in [-0.2, -0.15) is 0 Å². The first kappa shape index (κ1) is 16.3. The van der Waals surface area contributed by atoms with Crippen molar-refractivity contribution < 1.29 is 4.74 Å². The van der Waals surface area contributed by atoms with Gasteiger partial charge in [0.15, 0.2) is 0 Å². The van der Waals surface area contributed by atoms with E-state index in [1.807, 2.05) is 0 Å². The van der Waals surface area contributed by atoms with E-state index in [-0.39, 0.29) is 0 Å². The first-order chi connectivity index (χ1) is 9.76. The van der Waals surface area contributed by atoms with Gasteiger partial charge in [-0.25, -0.2) is 0 Å². The highest BCUT2D eigenvalue weighted by molar-refractivity contribution is 4.88. The highest BCUT2D eigenvalue weighted by atomic mass is 16.5. The lowest BCUT2D eigenvalue weighted by Crippen LogP contribution is -2.48. The zero-order valence-electron chi connectivity index (χ0n) is 13.6. The zero-order chi connectivity index (χ0) is 14.3. The van der Waals surface area contributed by atoms with E-state index in [9.17, 15) is 0 Å². The Bertz CT molecular complexity index is 256. The topological polar surface area (TPSA) is 24.5 Å². The second-order valence-electron chi connectivity index (χ2n) is 6.95. The summed E-state index contributed by atoms with van der Waals surface area (Å²) in [5, 5.41) is 3.60. The molecule has 0 bridgehead atoms. The van der Waals surface area contributed by atoms with Gasteiger partial charge in [0.05, 0.1) is 0 Å². The quantitative estimate of drug-likeness (QED) is 0.758. The molecule has 0 radical (unpaired) electrons. The molecule has 0 aromatic heterocycles. The minimum Gasteiger partial charge on any atom is -0.381 e. The summed E-state index contributed by atoms with van der Waals surface area (Å²) in [6.07, 6.45) is 11.0. The monoisotopic (exact) mass is 282 g/mol. The van der Waals surface area contributed by atoms with Gasteiger partial charge in [-0.1, -0.05) is 32.6 Å². The molecular formula is C17H34N2O. The van der Waals surface area contributed by atoms with Crippen LogP contribution in [0.3, 0.4) is 0 Å². The molecule has 118 valence electrons. The predicted molar refractivity (Wildman–Crippen MR) is 85.1 cm³/mol. The van der Waals surface area contributed by atoms with Crippen LogP contribution in [0.4, 0.5) is 0 Å². The fourth-order valence-electron chi connectivity index (χ4n) is 3.94. The van der Waals surface area contributed by atoms with Gasteiger partial charge in [0.1, 0.15) is 0 Å². The molecule has 0 atom stereocenters.